The molecule has 2 aliphatic heterocycles. The molecule has 1 unspecified atom stereocenters. The van der Waals surface area contributed by atoms with Crippen LogP contribution in [-0.2, 0) is 0 Å². The Labute approximate surface area is 259 Å². The second-order valence-electron chi connectivity index (χ2n) is 11.8. The molecule has 1 fully saturated rings. The van der Waals surface area contributed by atoms with Crippen molar-refractivity contribution in [1.29, 1.82) is 0 Å². The van der Waals surface area contributed by atoms with E-state index in [1.807, 2.05) is 11.8 Å². The molecule has 1 saturated heterocycles. The highest BCUT2D eigenvalue weighted by Crippen LogP contribution is 2.69. The SMILES string of the molecule is CC(C)c1cc(C(C)C)c(C2=C(Sc3ccccc3)SC(Sc3ccccc3)(N3CCCCC3)S2)c(C(C)C)c1. The predicted molar refractivity (Wildman–Crippen MR) is 184 cm³/mol. The summed E-state index contributed by atoms with van der Waals surface area (Å²) in [5, 5.41) is 0. The van der Waals surface area contributed by atoms with Crippen LogP contribution in [0.3, 0.4) is 0 Å². The molecule has 5 rings (SSSR count). The van der Waals surface area contributed by atoms with Gasteiger partial charge in [-0.3, -0.25) is 4.90 Å². The molecule has 2 aliphatic rings. The van der Waals surface area contributed by atoms with Crippen LogP contribution >= 0.6 is 47.0 Å². The van der Waals surface area contributed by atoms with E-state index in [0.717, 1.165) is 13.1 Å². The van der Waals surface area contributed by atoms with Crippen molar-refractivity contribution in [3.8, 4) is 0 Å². The second kappa shape index (κ2) is 13.4. The van der Waals surface area contributed by atoms with Crippen molar-refractivity contribution in [2.75, 3.05) is 13.1 Å². The van der Waals surface area contributed by atoms with Crippen molar-refractivity contribution >= 4 is 52.0 Å². The largest absolute Gasteiger partial charge is 0.271 e. The summed E-state index contributed by atoms with van der Waals surface area (Å²) >= 11 is 8.25. The van der Waals surface area contributed by atoms with Gasteiger partial charge in [-0.25, -0.2) is 0 Å². The van der Waals surface area contributed by atoms with E-state index in [0.29, 0.717) is 17.8 Å². The number of thioether (sulfide) groups is 4. The number of benzene rings is 3. The Bertz CT molecular complexity index is 1280. The zero-order chi connectivity index (χ0) is 28.3. The monoisotopic (exact) mass is 605 g/mol. The molecule has 0 amide bonds. The first-order valence-electron chi connectivity index (χ1n) is 14.8. The number of hydrogen-bond donors (Lipinski definition) is 0. The maximum absolute atomic E-state index is 2.79. The van der Waals surface area contributed by atoms with Crippen LogP contribution in [-0.4, -0.2) is 21.5 Å². The fraction of sp³-hybridized carbons (Fsp3) is 0.429. The summed E-state index contributed by atoms with van der Waals surface area (Å²) in [4.78, 5) is 6.93. The molecule has 0 aromatic heterocycles. The molecule has 0 aliphatic carbocycles. The van der Waals surface area contributed by atoms with E-state index in [4.69, 9.17) is 0 Å². The van der Waals surface area contributed by atoms with E-state index in [9.17, 15) is 0 Å². The zero-order valence-corrected chi connectivity index (χ0v) is 28.0. The van der Waals surface area contributed by atoms with Gasteiger partial charge in [0, 0.05) is 27.8 Å². The Kier molecular flexibility index (Phi) is 10.1. The molecule has 0 radical (unpaired) electrons. The zero-order valence-electron chi connectivity index (χ0n) is 24.8. The lowest BCUT2D eigenvalue weighted by atomic mass is 9.84. The Morgan fingerprint density at radius 3 is 1.75 bits per heavy atom. The van der Waals surface area contributed by atoms with Crippen molar-refractivity contribution in [3.05, 3.63) is 99.3 Å². The van der Waals surface area contributed by atoms with Gasteiger partial charge in [0.05, 0.1) is 4.24 Å². The van der Waals surface area contributed by atoms with Crippen LogP contribution in [0.1, 0.15) is 101 Å². The van der Waals surface area contributed by atoms with Crippen LogP contribution in [0, 0.1) is 0 Å². The third-order valence-corrected chi connectivity index (χ3v) is 13.9. The molecule has 0 saturated carbocycles. The van der Waals surface area contributed by atoms with Crippen molar-refractivity contribution in [1.82, 2.24) is 4.90 Å². The highest BCUT2D eigenvalue weighted by molar-refractivity contribution is 8.44. The summed E-state index contributed by atoms with van der Waals surface area (Å²) in [6, 6.07) is 27.1. The molecule has 212 valence electrons. The summed E-state index contributed by atoms with van der Waals surface area (Å²) in [5.41, 5.74) is 5.97. The number of hydrogen-bond acceptors (Lipinski definition) is 5. The average molecular weight is 606 g/mol. The van der Waals surface area contributed by atoms with Crippen molar-refractivity contribution in [3.63, 3.8) is 0 Å². The van der Waals surface area contributed by atoms with E-state index in [1.54, 1.807) is 0 Å². The smallest absolute Gasteiger partial charge is 0.176 e. The highest BCUT2D eigenvalue weighted by Gasteiger charge is 2.48. The molecule has 1 nitrogen and oxygen atoms in total. The summed E-state index contributed by atoms with van der Waals surface area (Å²) in [6.45, 7) is 16.5. The molecule has 0 N–H and O–H groups in total. The minimum absolute atomic E-state index is 0.118. The maximum atomic E-state index is 2.79. The maximum Gasteiger partial charge on any atom is 0.176 e. The fourth-order valence-electron chi connectivity index (χ4n) is 5.43. The molecule has 40 heavy (non-hydrogen) atoms. The number of rotatable bonds is 9. The van der Waals surface area contributed by atoms with Crippen LogP contribution in [0.2, 0.25) is 0 Å². The Morgan fingerprint density at radius 1 is 0.675 bits per heavy atom. The number of piperidine rings is 1. The summed E-state index contributed by atoms with van der Waals surface area (Å²) < 4.78 is 1.33. The predicted octanol–water partition coefficient (Wildman–Crippen LogP) is 11.8. The first-order valence-corrected chi connectivity index (χ1v) is 18.1. The lowest BCUT2D eigenvalue weighted by molar-refractivity contribution is 0.239. The molecule has 0 bridgehead atoms. The Hall–Kier alpha value is -1.24. The van der Waals surface area contributed by atoms with Gasteiger partial charge >= 0.3 is 0 Å². The van der Waals surface area contributed by atoms with E-state index < -0.39 is 0 Å². The third-order valence-electron chi connectivity index (χ3n) is 7.68. The van der Waals surface area contributed by atoms with Crippen LogP contribution in [0.25, 0.3) is 4.91 Å². The first-order chi connectivity index (χ1) is 19.3. The molecule has 2 heterocycles. The van der Waals surface area contributed by atoms with Gasteiger partial charge in [0.1, 0.15) is 0 Å². The molecule has 3 aromatic rings. The Morgan fingerprint density at radius 2 is 1.23 bits per heavy atom. The van der Waals surface area contributed by atoms with E-state index in [1.165, 1.54) is 60.4 Å². The minimum Gasteiger partial charge on any atom is -0.271 e. The second-order valence-corrected chi connectivity index (χ2v) is 17.6. The van der Waals surface area contributed by atoms with Gasteiger partial charge < -0.3 is 0 Å². The summed E-state index contributed by atoms with van der Waals surface area (Å²) in [6.07, 6.45) is 3.91. The molecule has 0 spiro atoms. The topological polar surface area (TPSA) is 3.24 Å². The van der Waals surface area contributed by atoms with Gasteiger partial charge in [-0.2, -0.15) is 0 Å². The van der Waals surface area contributed by atoms with Crippen molar-refractivity contribution in [2.24, 2.45) is 0 Å². The molecule has 3 aromatic carbocycles. The lowest BCUT2D eigenvalue weighted by Crippen LogP contribution is -2.43. The van der Waals surface area contributed by atoms with Gasteiger partial charge in [0.15, 0.2) is 3.54 Å². The van der Waals surface area contributed by atoms with E-state index in [2.05, 4.69) is 155 Å². The van der Waals surface area contributed by atoms with E-state index in [-0.39, 0.29) is 3.54 Å². The number of nitrogens with zero attached hydrogens (tertiary/aromatic N) is 1. The minimum atomic E-state index is -0.118. The van der Waals surface area contributed by atoms with E-state index >= 15 is 0 Å². The Balaban J connectivity index is 1.70. The van der Waals surface area contributed by atoms with Crippen LogP contribution < -0.4 is 0 Å². The number of likely N-dealkylation sites (tertiary alicyclic amines) is 1. The molecule has 5 heteroatoms. The first kappa shape index (κ1) is 30.2. The fourth-order valence-corrected chi connectivity index (χ4v) is 12.5. The van der Waals surface area contributed by atoms with Crippen molar-refractivity contribution in [2.45, 2.75) is 91.9 Å². The standard InChI is InChI=1S/C35H43NS4/c1-24(2)27-22-30(25(3)4)32(31(23-27)26(5)6)33-34(37-28-16-10-7-11-17-28)40-35(39-33,36-20-14-9-15-21-36)38-29-18-12-8-13-19-29/h7-8,10-13,16-19,22-26H,9,14-15,20-21H2,1-6H3. The van der Waals surface area contributed by atoms with Gasteiger partial charge in [-0.15, -0.1) is 0 Å². The van der Waals surface area contributed by atoms with Gasteiger partial charge in [0.2, 0.25) is 0 Å². The quantitative estimate of drug-likeness (QED) is 0.238. The molecule has 1 atom stereocenters. The highest BCUT2D eigenvalue weighted by atomic mass is 32.3. The summed E-state index contributed by atoms with van der Waals surface area (Å²) in [7, 11) is 0. The normalized spacial score (nSPS) is 20.3. The lowest BCUT2D eigenvalue weighted by Gasteiger charge is -2.41. The van der Waals surface area contributed by atoms with Crippen LogP contribution in [0.15, 0.2) is 86.8 Å². The average Bonchev–Trinajstić information content (AvgIpc) is 3.32. The van der Waals surface area contributed by atoms with Gasteiger partial charge in [-0.05, 0) is 77.1 Å². The summed E-state index contributed by atoms with van der Waals surface area (Å²) in [5.74, 6) is 1.43. The van der Waals surface area contributed by atoms with Crippen molar-refractivity contribution < 1.29 is 0 Å². The molecular formula is C35H43NS4. The van der Waals surface area contributed by atoms with Gasteiger partial charge in [0.25, 0.3) is 0 Å². The van der Waals surface area contributed by atoms with Crippen LogP contribution in [0.5, 0.6) is 0 Å². The molecular weight excluding hydrogens is 563 g/mol. The van der Waals surface area contributed by atoms with Gasteiger partial charge in [-0.1, -0.05) is 144 Å². The van der Waals surface area contributed by atoms with Crippen LogP contribution in [0.4, 0.5) is 0 Å². The third kappa shape index (κ3) is 6.70.